The number of likely N-dealkylation sites (tertiary alicyclic amines) is 1. The Bertz CT molecular complexity index is 802. The minimum atomic E-state index is -0.366. The molecule has 1 aliphatic heterocycles. The fourth-order valence-electron chi connectivity index (χ4n) is 2.97. The first-order chi connectivity index (χ1) is 11.9. The number of nitrogens with one attached hydrogen (secondary N) is 1. The van der Waals surface area contributed by atoms with Gasteiger partial charge >= 0.3 is 0 Å². The summed E-state index contributed by atoms with van der Waals surface area (Å²) < 4.78 is 13.0. The van der Waals surface area contributed by atoms with Crippen LogP contribution in [-0.4, -0.2) is 23.3 Å². The topological polar surface area (TPSA) is 49.4 Å². The van der Waals surface area contributed by atoms with E-state index in [-0.39, 0.29) is 30.0 Å². The van der Waals surface area contributed by atoms with Crippen LogP contribution in [0.2, 0.25) is 0 Å². The number of halogens is 1. The van der Waals surface area contributed by atoms with E-state index in [0.717, 1.165) is 16.8 Å². The molecule has 2 aromatic carbocycles. The van der Waals surface area contributed by atoms with E-state index < -0.39 is 0 Å². The molecule has 4 nitrogen and oxygen atoms in total. The second kappa shape index (κ2) is 7.05. The minimum absolute atomic E-state index is 0.0513. The molecular weight excluding hydrogens is 319 g/mol. The molecule has 0 aliphatic carbocycles. The number of hydrogen-bond donors (Lipinski definition) is 1. The number of aryl methyl sites for hydroxylation is 2. The highest BCUT2D eigenvalue weighted by molar-refractivity contribution is 5.97. The summed E-state index contributed by atoms with van der Waals surface area (Å²) in [6, 6.07) is 11.8. The van der Waals surface area contributed by atoms with Crippen molar-refractivity contribution in [2.75, 3.05) is 11.9 Å². The van der Waals surface area contributed by atoms with E-state index in [9.17, 15) is 14.0 Å². The minimum Gasteiger partial charge on any atom is -0.338 e. The zero-order valence-corrected chi connectivity index (χ0v) is 14.4. The number of benzene rings is 2. The lowest BCUT2D eigenvalue weighted by Gasteiger charge is -2.17. The molecular formula is C20H21FN2O2. The van der Waals surface area contributed by atoms with Crippen LogP contribution >= 0.6 is 0 Å². The van der Waals surface area contributed by atoms with Gasteiger partial charge in [0.1, 0.15) is 5.82 Å². The number of anilines is 1. The lowest BCUT2D eigenvalue weighted by atomic mass is 10.1. The maximum absolute atomic E-state index is 13.0. The van der Waals surface area contributed by atoms with E-state index in [1.54, 1.807) is 17.0 Å². The summed E-state index contributed by atoms with van der Waals surface area (Å²) in [6.07, 6.45) is 0.206. The largest absolute Gasteiger partial charge is 0.338 e. The first-order valence-electron chi connectivity index (χ1n) is 8.32. The van der Waals surface area contributed by atoms with Gasteiger partial charge < -0.3 is 10.2 Å². The maximum atomic E-state index is 13.0. The molecule has 0 radical (unpaired) electrons. The van der Waals surface area contributed by atoms with Crippen molar-refractivity contribution in [2.45, 2.75) is 26.8 Å². The fraction of sp³-hybridized carbons (Fsp3) is 0.300. The molecule has 1 fully saturated rings. The highest BCUT2D eigenvalue weighted by atomic mass is 19.1. The Morgan fingerprint density at radius 1 is 1.16 bits per heavy atom. The summed E-state index contributed by atoms with van der Waals surface area (Å²) in [6.45, 7) is 4.79. The van der Waals surface area contributed by atoms with Crippen LogP contribution in [0.5, 0.6) is 0 Å². The summed E-state index contributed by atoms with van der Waals surface area (Å²) in [7, 11) is 0. The normalized spacial score (nSPS) is 17.0. The van der Waals surface area contributed by atoms with E-state index in [1.165, 1.54) is 17.7 Å². The molecule has 0 unspecified atom stereocenters. The summed E-state index contributed by atoms with van der Waals surface area (Å²) in [5, 5.41) is 2.90. The average molecular weight is 340 g/mol. The zero-order valence-electron chi connectivity index (χ0n) is 14.4. The number of nitrogens with zero attached hydrogens (tertiary/aromatic N) is 1. The number of hydrogen-bond acceptors (Lipinski definition) is 2. The monoisotopic (exact) mass is 340 g/mol. The highest BCUT2D eigenvalue weighted by Crippen LogP contribution is 2.23. The van der Waals surface area contributed by atoms with Crippen LogP contribution in [0.25, 0.3) is 0 Å². The lowest BCUT2D eigenvalue weighted by molar-refractivity contribution is -0.128. The van der Waals surface area contributed by atoms with E-state index in [4.69, 9.17) is 0 Å². The molecule has 1 N–H and O–H groups in total. The Labute approximate surface area is 146 Å². The van der Waals surface area contributed by atoms with Crippen LogP contribution in [0.3, 0.4) is 0 Å². The van der Waals surface area contributed by atoms with Crippen molar-refractivity contribution in [3.8, 4) is 0 Å². The first-order valence-corrected chi connectivity index (χ1v) is 8.32. The van der Waals surface area contributed by atoms with Gasteiger partial charge in [-0.1, -0.05) is 18.2 Å². The third-order valence-corrected chi connectivity index (χ3v) is 4.65. The third-order valence-electron chi connectivity index (χ3n) is 4.65. The van der Waals surface area contributed by atoms with Gasteiger partial charge in [0.15, 0.2) is 0 Å². The molecule has 0 bridgehead atoms. The Balaban J connectivity index is 1.62. The highest BCUT2D eigenvalue weighted by Gasteiger charge is 2.34. The molecule has 0 saturated carbocycles. The summed E-state index contributed by atoms with van der Waals surface area (Å²) in [5.74, 6) is -0.862. The number of carbonyl (C=O) groups is 2. The van der Waals surface area contributed by atoms with Crippen LogP contribution in [-0.2, 0) is 16.1 Å². The maximum Gasteiger partial charge on any atom is 0.229 e. The standard InChI is InChI=1S/C20H21FN2O2/c1-13-3-8-18(9-14(13)2)22-20(25)16-10-19(24)23(12-16)11-15-4-6-17(21)7-5-15/h3-9,16H,10-12H2,1-2H3,(H,22,25)/t16-/m0/s1. The second-order valence-corrected chi connectivity index (χ2v) is 6.59. The summed E-state index contributed by atoms with van der Waals surface area (Å²) >= 11 is 0. The summed E-state index contributed by atoms with van der Waals surface area (Å²) in [5.41, 5.74) is 3.88. The molecule has 1 saturated heterocycles. The quantitative estimate of drug-likeness (QED) is 0.927. The molecule has 0 spiro atoms. The van der Waals surface area contributed by atoms with Crippen LogP contribution in [0.1, 0.15) is 23.1 Å². The molecule has 5 heteroatoms. The van der Waals surface area contributed by atoms with Crippen molar-refractivity contribution in [3.05, 3.63) is 65.0 Å². The molecule has 2 aromatic rings. The van der Waals surface area contributed by atoms with Crippen LogP contribution in [0.4, 0.5) is 10.1 Å². The molecule has 25 heavy (non-hydrogen) atoms. The molecule has 3 rings (SSSR count). The van der Waals surface area contributed by atoms with Crippen molar-refractivity contribution in [1.82, 2.24) is 4.90 Å². The van der Waals surface area contributed by atoms with Crippen LogP contribution in [0.15, 0.2) is 42.5 Å². The summed E-state index contributed by atoms with van der Waals surface area (Å²) in [4.78, 5) is 26.3. The number of rotatable bonds is 4. The van der Waals surface area contributed by atoms with Gasteiger partial charge in [-0.25, -0.2) is 4.39 Å². The predicted molar refractivity (Wildman–Crippen MR) is 94.5 cm³/mol. The second-order valence-electron chi connectivity index (χ2n) is 6.59. The number of amides is 2. The van der Waals surface area contributed by atoms with Gasteiger partial charge in [0.2, 0.25) is 11.8 Å². The molecule has 1 heterocycles. The van der Waals surface area contributed by atoms with Crippen molar-refractivity contribution in [3.63, 3.8) is 0 Å². The predicted octanol–water partition coefficient (Wildman–Crippen LogP) is 3.43. The Morgan fingerprint density at radius 3 is 2.56 bits per heavy atom. The van der Waals surface area contributed by atoms with Crippen LogP contribution in [0, 0.1) is 25.6 Å². The number of carbonyl (C=O) groups excluding carboxylic acids is 2. The van der Waals surface area contributed by atoms with Crippen molar-refractivity contribution in [2.24, 2.45) is 5.92 Å². The van der Waals surface area contributed by atoms with E-state index in [0.29, 0.717) is 13.1 Å². The van der Waals surface area contributed by atoms with Gasteiger partial charge in [-0.15, -0.1) is 0 Å². The van der Waals surface area contributed by atoms with Crippen molar-refractivity contribution in [1.29, 1.82) is 0 Å². The average Bonchev–Trinajstić information content (AvgIpc) is 2.94. The van der Waals surface area contributed by atoms with E-state index >= 15 is 0 Å². The smallest absolute Gasteiger partial charge is 0.229 e. The van der Waals surface area contributed by atoms with Gasteiger partial charge in [-0.3, -0.25) is 9.59 Å². The van der Waals surface area contributed by atoms with Gasteiger partial charge in [0.05, 0.1) is 5.92 Å². The SMILES string of the molecule is Cc1ccc(NC(=O)[C@H]2CC(=O)N(Cc3ccc(F)cc3)C2)cc1C. The molecule has 0 aromatic heterocycles. The molecule has 1 aliphatic rings. The van der Waals surface area contributed by atoms with Gasteiger partial charge in [-0.05, 0) is 54.8 Å². The van der Waals surface area contributed by atoms with Crippen molar-refractivity contribution < 1.29 is 14.0 Å². The Kier molecular flexibility index (Phi) is 4.83. The third kappa shape index (κ3) is 4.05. The van der Waals surface area contributed by atoms with Gasteiger partial charge in [-0.2, -0.15) is 0 Å². The van der Waals surface area contributed by atoms with Crippen LogP contribution < -0.4 is 5.32 Å². The zero-order chi connectivity index (χ0) is 18.0. The Morgan fingerprint density at radius 2 is 1.88 bits per heavy atom. The Hall–Kier alpha value is -2.69. The van der Waals surface area contributed by atoms with Crippen molar-refractivity contribution >= 4 is 17.5 Å². The lowest BCUT2D eigenvalue weighted by Crippen LogP contribution is -2.28. The molecule has 1 atom stereocenters. The fourth-order valence-corrected chi connectivity index (χ4v) is 2.97. The van der Waals surface area contributed by atoms with Gasteiger partial charge in [0, 0.05) is 25.2 Å². The molecule has 2 amide bonds. The van der Waals surface area contributed by atoms with Gasteiger partial charge in [0.25, 0.3) is 0 Å². The van der Waals surface area contributed by atoms with E-state index in [2.05, 4.69) is 5.32 Å². The molecule has 130 valence electrons. The van der Waals surface area contributed by atoms with E-state index in [1.807, 2.05) is 32.0 Å². The first kappa shape index (κ1) is 17.1.